The van der Waals surface area contributed by atoms with Crippen LogP contribution in [0.4, 0.5) is 0 Å². The van der Waals surface area contributed by atoms with E-state index in [1.165, 1.54) is 67.2 Å². The Morgan fingerprint density at radius 1 is 0.810 bits per heavy atom. The third-order valence-corrected chi connectivity index (χ3v) is 12.5. The van der Waals surface area contributed by atoms with E-state index in [1.807, 2.05) is 6.92 Å². The third kappa shape index (κ3) is 13.3. The fraction of sp³-hybridized carbons (Fsp3) is 0.569. The van der Waals surface area contributed by atoms with Gasteiger partial charge in [-0.3, -0.25) is 0 Å². The number of esters is 2. The second-order valence-electron chi connectivity index (χ2n) is 17.0. The molecular weight excluding hydrogens is 725 g/mol. The lowest BCUT2D eigenvalue weighted by Crippen LogP contribution is -2.31. The average Bonchev–Trinajstić information content (AvgIpc) is 3.25. The number of ether oxygens (including phenoxy) is 3. The SMILES string of the molecule is C=C(C)C(=O)OCCCc1cc(-c2ccc(C3C=CC(C4CCC(CCCC)CC4)=CC3)cc2CC)cc(CCCOC(=O)C(=C)C)c1OCCC(CC)(CO)CO. The van der Waals surface area contributed by atoms with Crippen molar-refractivity contribution >= 4 is 11.9 Å². The highest BCUT2D eigenvalue weighted by Gasteiger charge is 2.28. The van der Waals surface area contributed by atoms with Crippen molar-refractivity contribution < 1.29 is 34.0 Å². The van der Waals surface area contributed by atoms with Crippen molar-refractivity contribution in [2.45, 2.75) is 137 Å². The maximum absolute atomic E-state index is 12.2. The summed E-state index contributed by atoms with van der Waals surface area (Å²) >= 11 is 0. The van der Waals surface area contributed by atoms with Gasteiger partial charge >= 0.3 is 11.9 Å². The van der Waals surface area contributed by atoms with E-state index in [1.54, 1.807) is 13.8 Å². The van der Waals surface area contributed by atoms with E-state index < -0.39 is 17.4 Å². The van der Waals surface area contributed by atoms with Crippen molar-refractivity contribution in [2.24, 2.45) is 17.3 Å². The molecular formula is C51H72O7. The Morgan fingerprint density at radius 3 is 1.93 bits per heavy atom. The van der Waals surface area contributed by atoms with Gasteiger partial charge in [-0.2, -0.15) is 0 Å². The smallest absolute Gasteiger partial charge is 0.333 e. The summed E-state index contributed by atoms with van der Waals surface area (Å²) < 4.78 is 17.5. The number of unbranched alkanes of at least 4 members (excludes halogenated alkanes) is 1. The molecule has 1 fully saturated rings. The molecule has 2 aromatic rings. The second kappa shape index (κ2) is 23.6. The Labute approximate surface area is 349 Å². The molecule has 0 aliphatic heterocycles. The first-order chi connectivity index (χ1) is 28.0. The lowest BCUT2D eigenvalue weighted by molar-refractivity contribution is -0.139. The molecule has 1 atom stereocenters. The maximum Gasteiger partial charge on any atom is 0.333 e. The summed E-state index contributed by atoms with van der Waals surface area (Å²) in [6.45, 7) is 17.7. The first-order valence-electron chi connectivity index (χ1n) is 22.1. The van der Waals surface area contributed by atoms with Gasteiger partial charge in [0, 0.05) is 22.5 Å². The summed E-state index contributed by atoms with van der Waals surface area (Å²) in [5, 5.41) is 20.3. The van der Waals surface area contributed by atoms with Gasteiger partial charge in [-0.1, -0.05) is 89.6 Å². The minimum atomic E-state index is -0.635. The number of aliphatic hydroxyl groups excluding tert-OH is 2. The summed E-state index contributed by atoms with van der Waals surface area (Å²) in [4.78, 5) is 24.4. The molecule has 2 aliphatic carbocycles. The zero-order valence-electron chi connectivity index (χ0n) is 36.3. The van der Waals surface area contributed by atoms with E-state index in [-0.39, 0.29) is 26.4 Å². The van der Waals surface area contributed by atoms with Crippen LogP contribution in [0.25, 0.3) is 11.1 Å². The van der Waals surface area contributed by atoms with Crippen LogP contribution in [-0.4, -0.2) is 55.2 Å². The molecule has 58 heavy (non-hydrogen) atoms. The Kier molecular flexibility index (Phi) is 19.0. The lowest BCUT2D eigenvalue weighted by atomic mass is 9.75. The molecule has 7 heteroatoms. The molecule has 1 unspecified atom stereocenters. The number of carbonyl (C=O) groups is 2. The highest BCUT2D eigenvalue weighted by Crippen LogP contribution is 2.41. The van der Waals surface area contributed by atoms with Gasteiger partial charge in [-0.05, 0) is 154 Å². The molecule has 2 N–H and O–H groups in total. The lowest BCUT2D eigenvalue weighted by Gasteiger charge is -2.31. The number of hydrogen-bond donors (Lipinski definition) is 2. The molecule has 0 aromatic heterocycles. The van der Waals surface area contributed by atoms with Gasteiger partial charge in [0.25, 0.3) is 0 Å². The van der Waals surface area contributed by atoms with Crippen LogP contribution in [0.2, 0.25) is 0 Å². The van der Waals surface area contributed by atoms with Gasteiger partial charge in [0.15, 0.2) is 0 Å². The predicted molar refractivity (Wildman–Crippen MR) is 236 cm³/mol. The van der Waals surface area contributed by atoms with Gasteiger partial charge < -0.3 is 24.4 Å². The van der Waals surface area contributed by atoms with Crippen LogP contribution in [0.15, 0.2) is 78.4 Å². The summed E-state index contributed by atoms with van der Waals surface area (Å²) in [5.41, 5.74) is 8.49. The van der Waals surface area contributed by atoms with Crippen LogP contribution in [-0.2, 0) is 38.3 Å². The van der Waals surface area contributed by atoms with E-state index in [9.17, 15) is 19.8 Å². The molecule has 1 saturated carbocycles. The van der Waals surface area contributed by atoms with Gasteiger partial charge in [-0.25, -0.2) is 9.59 Å². The van der Waals surface area contributed by atoms with Crippen LogP contribution >= 0.6 is 0 Å². The molecule has 0 heterocycles. The van der Waals surface area contributed by atoms with Crippen molar-refractivity contribution in [3.8, 4) is 16.9 Å². The van der Waals surface area contributed by atoms with Crippen molar-refractivity contribution in [3.63, 3.8) is 0 Å². The quantitative estimate of drug-likeness (QED) is 0.0619. The Morgan fingerprint density at radius 2 is 1.43 bits per heavy atom. The van der Waals surface area contributed by atoms with Crippen LogP contribution in [0.5, 0.6) is 5.75 Å². The number of carbonyl (C=O) groups excluding carboxylic acids is 2. The van der Waals surface area contributed by atoms with E-state index >= 15 is 0 Å². The maximum atomic E-state index is 12.2. The van der Waals surface area contributed by atoms with E-state index in [0.717, 1.165) is 41.2 Å². The van der Waals surface area contributed by atoms with Gasteiger partial charge in [-0.15, -0.1) is 0 Å². The van der Waals surface area contributed by atoms with Crippen LogP contribution in [0.3, 0.4) is 0 Å². The zero-order valence-corrected chi connectivity index (χ0v) is 36.3. The van der Waals surface area contributed by atoms with Crippen LogP contribution < -0.4 is 4.74 Å². The monoisotopic (exact) mass is 797 g/mol. The van der Waals surface area contributed by atoms with E-state index in [0.29, 0.717) is 68.1 Å². The largest absolute Gasteiger partial charge is 0.493 e. The van der Waals surface area contributed by atoms with E-state index in [2.05, 4.69) is 75.6 Å². The minimum absolute atomic E-state index is 0.131. The summed E-state index contributed by atoms with van der Waals surface area (Å²) in [7, 11) is 0. The molecule has 0 radical (unpaired) electrons. The van der Waals surface area contributed by atoms with Gasteiger partial charge in [0.2, 0.25) is 0 Å². The summed E-state index contributed by atoms with van der Waals surface area (Å²) in [6.07, 6.45) is 22.2. The number of aliphatic hydroxyl groups is 2. The zero-order chi connectivity index (χ0) is 42.1. The second-order valence-corrected chi connectivity index (χ2v) is 17.0. The summed E-state index contributed by atoms with van der Waals surface area (Å²) in [6, 6.07) is 11.3. The molecule has 318 valence electrons. The molecule has 4 rings (SSSR count). The average molecular weight is 797 g/mol. The fourth-order valence-electron chi connectivity index (χ4n) is 8.43. The Hall–Kier alpha value is -3.94. The molecule has 7 nitrogen and oxygen atoms in total. The van der Waals surface area contributed by atoms with Crippen molar-refractivity contribution in [1.82, 2.24) is 0 Å². The molecule has 2 aliphatic rings. The van der Waals surface area contributed by atoms with Gasteiger partial charge in [0.1, 0.15) is 5.75 Å². The highest BCUT2D eigenvalue weighted by molar-refractivity contribution is 5.87. The Balaban J connectivity index is 1.62. The predicted octanol–water partition coefficient (Wildman–Crippen LogP) is 11.1. The normalized spacial score (nSPS) is 18.1. The van der Waals surface area contributed by atoms with Crippen molar-refractivity contribution in [2.75, 3.05) is 33.0 Å². The van der Waals surface area contributed by atoms with Crippen molar-refractivity contribution in [1.29, 1.82) is 0 Å². The number of allylic oxidation sites excluding steroid dienone is 4. The van der Waals surface area contributed by atoms with Crippen LogP contribution in [0.1, 0.15) is 140 Å². The summed E-state index contributed by atoms with van der Waals surface area (Å²) in [5.74, 6) is 1.91. The molecule has 0 amide bonds. The topological polar surface area (TPSA) is 102 Å². The van der Waals surface area contributed by atoms with E-state index in [4.69, 9.17) is 14.2 Å². The highest BCUT2D eigenvalue weighted by atomic mass is 16.5. The third-order valence-electron chi connectivity index (χ3n) is 12.5. The molecule has 2 aromatic carbocycles. The fourth-order valence-corrected chi connectivity index (χ4v) is 8.43. The van der Waals surface area contributed by atoms with Gasteiger partial charge in [0.05, 0.1) is 33.0 Å². The minimum Gasteiger partial charge on any atom is -0.493 e. The first kappa shape index (κ1) is 46.7. The number of hydrogen-bond acceptors (Lipinski definition) is 7. The van der Waals surface area contributed by atoms with Crippen LogP contribution in [0, 0.1) is 17.3 Å². The van der Waals surface area contributed by atoms with Crippen molar-refractivity contribution in [3.05, 3.63) is 101 Å². The first-order valence-corrected chi connectivity index (χ1v) is 22.1. The number of aryl methyl sites for hydroxylation is 3. The number of rotatable bonds is 24. The molecule has 0 bridgehead atoms. The number of benzene rings is 2. The Bertz CT molecular complexity index is 1670. The molecule has 0 saturated heterocycles. The standard InChI is InChI=1S/C51H72O7/c1-8-11-14-38-17-19-40(20-18-38)41-21-23-42(24-22-41)43-25-26-47(39(9-2)31-43)46-32-44(15-12-28-57-49(54)36(4)5)48(56-30-27-51(10-3,34-52)35-53)45(33-46)16-13-29-58-50(55)37(6)7/h21-23,25-26,31-33,38,40,42,52-53H,4,6,8-20,24,27-30,34-35H2,1-3,5,7H3. The molecule has 0 spiro atoms.